The molecular formula is C20H22ClN3OS. The Morgan fingerprint density at radius 3 is 2.58 bits per heavy atom. The number of carbonyl (C=O) groups excluding carboxylic acids is 1. The molecule has 1 aliphatic heterocycles. The monoisotopic (exact) mass is 387 g/mol. The zero-order valence-corrected chi connectivity index (χ0v) is 16.3. The third kappa shape index (κ3) is 4.54. The predicted molar refractivity (Wildman–Crippen MR) is 112 cm³/mol. The lowest BCUT2D eigenvalue weighted by atomic mass is 10.1. The molecule has 2 aromatic carbocycles. The smallest absolute Gasteiger partial charge is 0.258 e. The van der Waals surface area contributed by atoms with Gasteiger partial charge in [-0.05, 0) is 68.2 Å². The van der Waals surface area contributed by atoms with Crippen LogP contribution in [0.4, 0.5) is 11.4 Å². The van der Waals surface area contributed by atoms with Gasteiger partial charge < -0.3 is 10.2 Å². The molecule has 4 nitrogen and oxygen atoms in total. The van der Waals surface area contributed by atoms with Crippen molar-refractivity contribution >= 4 is 46.2 Å². The van der Waals surface area contributed by atoms with Gasteiger partial charge in [0.1, 0.15) is 0 Å². The molecule has 2 aromatic rings. The molecule has 0 spiro atoms. The Bertz CT molecular complexity index is 818. The van der Waals surface area contributed by atoms with Crippen LogP contribution in [-0.4, -0.2) is 24.1 Å². The van der Waals surface area contributed by atoms with Gasteiger partial charge in [-0.15, -0.1) is 0 Å². The van der Waals surface area contributed by atoms with Crippen LogP contribution in [0.3, 0.4) is 0 Å². The molecule has 2 N–H and O–H groups in total. The van der Waals surface area contributed by atoms with Crippen molar-refractivity contribution in [3.8, 4) is 0 Å². The number of halogens is 1. The molecule has 1 heterocycles. The molecule has 0 radical (unpaired) electrons. The van der Waals surface area contributed by atoms with Gasteiger partial charge in [0.25, 0.3) is 5.91 Å². The summed E-state index contributed by atoms with van der Waals surface area (Å²) in [6.07, 6.45) is 3.67. The summed E-state index contributed by atoms with van der Waals surface area (Å²) < 4.78 is 0. The Kier molecular flexibility index (Phi) is 6.12. The van der Waals surface area contributed by atoms with Gasteiger partial charge in [0.15, 0.2) is 5.11 Å². The first kappa shape index (κ1) is 18.7. The van der Waals surface area contributed by atoms with Crippen LogP contribution < -0.4 is 15.5 Å². The third-order valence-electron chi connectivity index (χ3n) is 4.45. The van der Waals surface area contributed by atoms with Gasteiger partial charge in [-0.3, -0.25) is 10.1 Å². The van der Waals surface area contributed by atoms with Crippen molar-refractivity contribution in [1.29, 1.82) is 0 Å². The minimum Gasteiger partial charge on any atom is -0.370 e. The molecule has 1 fully saturated rings. The molecule has 0 unspecified atom stereocenters. The molecule has 0 bridgehead atoms. The first-order valence-electron chi connectivity index (χ1n) is 8.77. The summed E-state index contributed by atoms with van der Waals surface area (Å²) >= 11 is 11.5. The average molecular weight is 388 g/mol. The Labute approximate surface area is 164 Å². The Hall–Kier alpha value is -2.11. The first-order chi connectivity index (χ1) is 12.5. The molecular weight excluding hydrogens is 366 g/mol. The van der Waals surface area contributed by atoms with Crippen LogP contribution >= 0.6 is 23.8 Å². The number of carbonyl (C=O) groups is 1. The summed E-state index contributed by atoms with van der Waals surface area (Å²) in [6, 6.07) is 13.3. The number of para-hydroxylation sites is 2. The summed E-state index contributed by atoms with van der Waals surface area (Å²) in [6.45, 7) is 4.00. The van der Waals surface area contributed by atoms with E-state index in [0.29, 0.717) is 10.6 Å². The van der Waals surface area contributed by atoms with Crippen LogP contribution in [0.1, 0.15) is 35.2 Å². The topological polar surface area (TPSA) is 44.4 Å². The number of nitrogens with zero attached hydrogens (tertiary/aromatic N) is 1. The molecule has 26 heavy (non-hydrogen) atoms. The quantitative estimate of drug-likeness (QED) is 0.745. The van der Waals surface area contributed by atoms with Gasteiger partial charge in [0.05, 0.1) is 22.0 Å². The van der Waals surface area contributed by atoms with Gasteiger partial charge in [-0.1, -0.05) is 29.8 Å². The van der Waals surface area contributed by atoms with Crippen LogP contribution in [-0.2, 0) is 0 Å². The minimum atomic E-state index is -0.317. The number of anilines is 2. The zero-order valence-electron chi connectivity index (χ0n) is 14.7. The van der Waals surface area contributed by atoms with E-state index in [2.05, 4.69) is 21.6 Å². The summed E-state index contributed by atoms with van der Waals surface area (Å²) in [5.74, 6) is -0.317. The number of nitrogens with one attached hydrogen (secondary N) is 2. The molecule has 136 valence electrons. The number of hydrogen-bond donors (Lipinski definition) is 2. The summed E-state index contributed by atoms with van der Waals surface area (Å²) in [5.41, 5.74) is 3.42. The zero-order chi connectivity index (χ0) is 18.5. The van der Waals surface area contributed by atoms with E-state index in [9.17, 15) is 4.79 Å². The lowest BCUT2D eigenvalue weighted by Crippen LogP contribution is -2.35. The number of thiocarbonyl (C=S) groups is 1. The maximum Gasteiger partial charge on any atom is 0.258 e. The van der Waals surface area contributed by atoms with Gasteiger partial charge >= 0.3 is 0 Å². The Morgan fingerprint density at radius 1 is 1.12 bits per heavy atom. The summed E-state index contributed by atoms with van der Waals surface area (Å²) in [5, 5.41) is 6.54. The molecule has 0 aliphatic carbocycles. The summed E-state index contributed by atoms with van der Waals surface area (Å²) in [4.78, 5) is 14.8. The van der Waals surface area contributed by atoms with E-state index in [1.165, 1.54) is 19.3 Å². The fraction of sp³-hybridized carbons (Fsp3) is 0.300. The van der Waals surface area contributed by atoms with Gasteiger partial charge in [-0.25, -0.2) is 0 Å². The highest BCUT2D eigenvalue weighted by molar-refractivity contribution is 7.80. The van der Waals surface area contributed by atoms with E-state index >= 15 is 0 Å². The predicted octanol–water partition coefficient (Wildman–Crippen LogP) is 4.77. The van der Waals surface area contributed by atoms with Crippen molar-refractivity contribution in [2.75, 3.05) is 23.3 Å². The molecule has 1 amide bonds. The number of piperidine rings is 1. The summed E-state index contributed by atoms with van der Waals surface area (Å²) in [7, 11) is 0. The van der Waals surface area contributed by atoms with E-state index in [1.54, 1.807) is 12.1 Å². The van der Waals surface area contributed by atoms with E-state index < -0.39 is 0 Å². The largest absolute Gasteiger partial charge is 0.370 e. The number of hydrogen-bond acceptors (Lipinski definition) is 3. The second-order valence-electron chi connectivity index (χ2n) is 6.46. The fourth-order valence-electron chi connectivity index (χ4n) is 3.12. The van der Waals surface area contributed by atoms with E-state index in [1.807, 2.05) is 31.2 Å². The number of benzene rings is 2. The normalized spacial score (nSPS) is 14.0. The highest BCUT2D eigenvalue weighted by Gasteiger charge is 2.16. The lowest BCUT2D eigenvalue weighted by molar-refractivity contribution is 0.0978. The molecule has 3 rings (SSSR count). The molecule has 0 saturated carbocycles. The fourth-order valence-corrected chi connectivity index (χ4v) is 3.64. The van der Waals surface area contributed by atoms with Crippen LogP contribution in [0.15, 0.2) is 42.5 Å². The SMILES string of the molecule is Cc1ccc(C(=O)NC(=S)Nc2ccccc2N2CCCCC2)c(Cl)c1. The van der Waals surface area contributed by atoms with Gasteiger partial charge in [0.2, 0.25) is 0 Å². The number of amides is 1. The Morgan fingerprint density at radius 2 is 1.85 bits per heavy atom. The second kappa shape index (κ2) is 8.52. The maximum absolute atomic E-state index is 12.4. The first-order valence-corrected chi connectivity index (χ1v) is 9.55. The second-order valence-corrected chi connectivity index (χ2v) is 7.27. The van der Waals surface area contributed by atoms with Crippen LogP contribution in [0.5, 0.6) is 0 Å². The molecule has 1 aliphatic rings. The molecule has 1 saturated heterocycles. The number of aryl methyl sites for hydroxylation is 1. The maximum atomic E-state index is 12.4. The minimum absolute atomic E-state index is 0.260. The van der Waals surface area contributed by atoms with E-state index in [4.69, 9.17) is 23.8 Å². The number of rotatable bonds is 3. The molecule has 6 heteroatoms. The molecule has 0 aromatic heterocycles. The highest BCUT2D eigenvalue weighted by atomic mass is 35.5. The Balaban J connectivity index is 1.69. The van der Waals surface area contributed by atoms with Crippen molar-refractivity contribution in [3.63, 3.8) is 0 Å². The van der Waals surface area contributed by atoms with Crippen molar-refractivity contribution < 1.29 is 4.79 Å². The van der Waals surface area contributed by atoms with Crippen LogP contribution in [0.2, 0.25) is 5.02 Å². The highest BCUT2D eigenvalue weighted by Crippen LogP contribution is 2.28. The van der Waals surface area contributed by atoms with Crippen LogP contribution in [0.25, 0.3) is 0 Å². The lowest BCUT2D eigenvalue weighted by Gasteiger charge is -2.30. The standard InChI is InChI=1S/C20H22ClN3OS/c1-14-9-10-15(16(21)13-14)19(25)23-20(26)22-17-7-3-4-8-18(17)24-11-5-2-6-12-24/h3-4,7-10,13H,2,5-6,11-12H2,1H3,(H2,22,23,25,26). The van der Waals surface area contributed by atoms with Crippen molar-refractivity contribution in [2.24, 2.45) is 0 Å². The van der Waals surface area contributed by atoms with Gasteiger partial charge in [0, 0.05) is 13.1 Å². The van der Waals surface area contributed by atoms with E-state index in [0.717, 1.165) is 30.0 Å². The van der Waals surface area contributed by atoms with Crippen molar-refractivity contribution in [3.05, 3.63) is 58.6 Å². The van der Waals surface area contributed by atoms with Crippen molar-refractivity contribution in [1.82, 2.24) is 5.32 Å². The third-order valence-corrected chi connectivity index (χ3v) is 4.96. The average Bonchev–Trinajstić information content (AvgIpc) is 2.62. The molecule has 0 atom stereocenters. The van der Waals surface area contributed by atoms with Crippen molar-refractivity contribution in [2.45, 2.75) is 26.2 Å². The van der Waals surface area contributed by atoms with Gasteiger partial charge in [-0.2, -0.15) is 0 Å². The van der Waals surface area contributed by atoms with Crippen LogP contribution in [0, 0.1) is 6.92 Å². The van der Waals surface area contributed by atoms with E-state index in [-0.39, 0.29) is 11.0 Å².